The van der Waals surface area contributed by atoms with E-state index in [0.717, 1.165) is 6.42 Å². The summed E-state index contributed by atoms with van der Waals surface area (Å²) in [5.41, 5.74) is 1.13. The summed E-state index contributed by atoms with van der Waals surface area (Å²) in [5, 5.41) is 5.24. The van der Waals surface area contributed by atoms with Crippen LogP contribution in [0.3, 0.4) is 0 Å². The van der Waals surface area contributed by atoms with Gasteiger partial charge in [0.05, 0.1) is 4.87 Å². The summed E-state index contributed by atoms with van der Waals surface area (Å²) < 4.78 is 5.12. The second kappa shape index (κ2) is 7.59. The van der Waals surface area contributed by atoms with E-state index in [1.54, 1.807) is 40.9 Å². The van der Waals surface area contributed by atoms with Gasteiger partial charge in [-0.3, -0.25) is 14.4 Å². The maximum Gasteiger partial charge on any atom is 0.330 e. The molecule has 8 nitrogen and oxygen atoms in total. The number of fused-ring (bicyclic) bond motifs is 1. The van der Waals surface area contributed by atoms with Crippen molar-refractivity contribution >= 4 is 46.8 Å². The Balaban J connectivity index is 1.50. The molecule has 2 saturated heterocycles. The molecule has 144 valence electrons. The highest BCUT2D eigenvalue weighted by molar-refractivity contribution is 8.01. The first-order chi connectivity index (χ1) is 12.8. The van der Waals surface area contributed by atoms with E-state index in [2.05, 4.69) is 10.6 Å². The van der Waals surface area contributed by atoms with Gasteiger partial charge in [0.25, 0.3) is 5.91 Å². The van der Waals surface area contributed by atoms with Crippen LogP contribution in [0, 0.1) is 0 Å². The maximum absolute atomic E-state index is 12.3. The Morgan fingerprint density at radius 1 is 1.22 bits per heavy atom. The van der Waals surface area contributed by atoms with E-state index in [4.69, 9.17) is 4.74 Å². The lowest BCUT2D eigenvalue weighted by molar-refractivity contribution is -0.155. The largest absolute Gasteiger partial charge is 0.454 e. The summed E-state index contributed by atoms with van der Waals surface area (Å²) in [6.07, 6.45) is 1.15. The lowest BCUT2D eigenvalue weighted by atomic mass is 10.2. The molecule has 2 N–H and O–H groups in total. The molecule has 2 fully saturated rings. The molecule has 0 bridgehead atoms. The standard InChI is InChI=1S/C18H21N3O5S/c1-11(22)19-12-3-5-13(6-4-12)20-15(23)9-26-17(25)14-10-27-18(2)8-7-16(24)21(14)18/h3-6,14H,7-10H2,1-2H3,(H,19,22)(H,20,23)/t14-,18-/m0/s1. The van der Waals surface area contributed by atoms with Crippen molar-refractivity contribution < 1.29 is 23.9 Å². The third kappa shape index (κ3) is 4.24. The van der Waals surface area contributed by atoms with Gasteiger partial charge in [-0.15, -0.1) is 11.8 Å². The molecule has 3 rings (SSSR count). The van der Waals surface area contributed by atoms with Crippen molar-refractivity contribution in [2.75, 3.05) is 23.0 Å². The highest BCUT2D eigenvalue weighted by Crippen LogP contribution is 2.47. The van der Waals surface area contributed by atoms with Gasteiger partial charge in [0.2, 0.25) is 11.8 Å². The van der Waals surface area contributed by atoms with Crippen LogP contribution < -0.4 is 10.6 Å². The Hall–Kier alpha value is -2.55. The minimum atomic E-state index is -0.639. The summed E-state index contributed by atoms with van der Waals surface area (Å²) >= 11 is 1.57. The lowest BCUT2D eigenvalue weighted by Crippen LogP contribution is -2.47. The molecule has 0 aliphatic carbocycles. The first kappa shape index (κ1) is 19.2. The molecule has 1 aromatic carbocycles. The van der Waals surface area contributed by atoms with Gasteiger partial charge in [0.1, 0.15) is 6.04 Å². The van der Waals surface area contributed by atoms with Crippen LogP contribution in [0.5, 0.6) is 0 Å². The number of nitrogens with one attached hydrogen (secondary N) is 2. The number of hydrogen-bond donors (Lipinski definition) is 2. The van der Waals surface area contributed by atoms with Crippen LogP contribution in [-0.2, 0) is 23.9 Å². The molecule has 9 heteroatoms. The quantitative estimate of drug-likeness (QED) is 0.739. The van der Waals surface area contributed by atoms with Crippen LogP contribution in [0.2, 0.25) is 0 Å². The fourth-order valence-corrected chi connectivity index (χ4v) is 4.68. The zero-order valence-electron chi connectivity index (χ0n) is 15.1. The van der Waals surface area contributed by atoms with Crippen molar-refractivity contribution in [3.63, 3.8) is 0 Å². The Morgan fingerprint density at radius 2 is 1.85 bits per heavy atom. The smallest absolute Gasteiger partial charge is 0.330 e. The topological polar surface area (TPSA) is 105 Å². The minimum Gasteiger partial charge on any atom is -0.454 e. The number of carbonyl (C=O) groups is 4. The van der Waals surface area contributed by atoms with Crippen molar-refractivity contribution in [3.05, 3.63) is 24.3 Å². The zero-order chi connectivity index (χ0) is 19.6. The molecule has 1 aromatic rings. The second-order valence-corrected chi connectivity index (χ2v) is 8.18. The normalized spacial score (nSPS) is 23.7. The van der Waals surface area contributed by atoms with Crippen molar-refractivity contribution in [3.8, 4) is 0 Å². The molecule has 0 spiro atoms. The fourth-order valence-electron chi connectivity index (χ4n) is 3.27. The number of rotatable bonds is 5. The molecule has 0 saturated carbocycles. The van der Waals surface area contributed by atoms with Crippen LogP contribution in [0.15, 0.2) is 24.3 Å². The van der Waals surface area contributed by atoms with Gasteiger partial charge < -0.3 is 20.3 Å². The first-order valence-electron chi connectivity index (χ1n) is 8.59. The molecule has 0 aromatic heterocycles. The molecule has 27 heavy (non-hydrogen) atoms. The van der Waals surface area contributed by atoms with Gasteiger partial charge in [0.15, 0.2) is 6.61 Å². The number of amides is 3. The number of esters is 1. The van der Waals surface area contributed by atoms with E-state index >= 15 is 0 Å². The van der Waals surface area contributed by atoms with E-state index in [1.807, 2.05) is 6.92 Å². The molecule has 2 atom stereocenters. The van der Waals surface area contributed by atoms with E-state index < -0.39 is 24.5 Å². The molecular weight excluding hydrogens is 370 g/mol. The first-order valence-corrected chi connectivity index (χ1v) is 9.57. The van der Waals surface area contributed by atoms with Crippen LogP contribution in [0.1, 0.15) is 26.7 Å². The van der Waals surface area contributed by atoms with Gasteiger partial charge in [-0.2, -0.15) is 0 Å². The van der Waals surface area contributed by atoms with Gasteiger partial charge in [-0.1, -0.05) is 0 Å². The Labute approximate surface area is 161 Å². The highest BCUT2D eigenvalue weighted by atomic mass is 32.2. The van der Waals surface area contributed by atoms with Crippen molar-refractivity contribution in [1.82, 2.24) is 4.90 Å². The summed E-state index contributed by atoms with van der Waals surface area (Å²) in [5.74, 6) is -0.785. The predicted molar refractivity (Wildman–Crippen MR) is 101 cm³/mol. The van der Waals surface area contributed by atoms with Gasteiger partial charge in [-0.05, 0) is 37.6 Å². The fraction of sp³-hybridized carbons (Fsp3) is 0.444. The minimum absolute atomic E-state index is 0.0480. The highest BCUT2D eigenvalue weighted by Gasteiger charge is 2.53. The lowest BCUT2D eigenvalue weighted by Gasteiger charge is -2.29. The molecule has 0 radical (unpaired) electrons. The third-order valence-electron chi connectivity index (χ3n) is 4.55. The summed E-state index contributed by atoms with van der Waals surface area (Å²) in [6, 6.07) is 5.93. The van der Waals surface area contributed by atoms with Crippen molar-refractivity contribution in [2.24, 2.45) is 0 Å². The molecular formula is C18H21N3O5S. The van der Waals surface area contributed by atoms with Crippen molar-refractivity contribution in [2.45, 2.75) is 37.6 Å². The van der Waals surface area contributed by atoms with Crippen LogP contribution >= 0.6 is 11.8 Å². The maximum atomic E-state index is 12.3. The van der Waals surface area contributed by atoms with Gasteiger partial charge >= 0.3 is 5.97 Å². The SMILES string of the molecule is CC(=O)Nc1ccc(NC(=O)COC(=O)[C@@H]2CS[C@@]3(C)CCC(=O)N23)cc1. The molecule has 3 amide bonds. The van der Waals surface area contributed by atoms with Crippen LogP contribution in [0.25, 0.3) is 0 Å². The van der Waals surface area contributed by atoms with Gasteiger partial charge in [0, 0.05) is 30.5 Å². The van der Waals surface area contributed by atoms with E-state index in [0.29, 0.717) is 23.5 Å². The number of nitrogens with zero attached hydrogens (tertiary/aromatic N) is 1. The van der Waals surface area contributed by atoms with E-state index in [-0.39, 0.29) is 16.7 Å². The van der Waals surface area contributed by atoms with Crippen molar-refractivity contribution in [1.29, 1.82) is 0 Å². The Kier molecular flexibility index (Phi) is 5.41. The number of carbonyl (C=O) groups excluding carboxylic acids is 4. The van der Waals surface area contributed by atoms with E-state index in [9.17, 15) is 19.2 Å². The molecule has 0 unspecified atom stereocenters. The monoisotopic (exact) mass is 391 g/mol. The van der Waals surface area contributed by atoms with Crippen LogP contribution in [-0.4, -0.2) is 51.9 Å². The average Bonchev–Trinajstić information content (AvgIpc) is 3.10. The van der Waals surface area contributed by atoms with Crippen LogP contribution in [0.4, 0.5) is 11.4 Å². The average molecular weight is 391 g/mol. The third-order valence-corrected chi connectivity index (χ3v) is 6.06. The van der Waals surface area contributed by atoms with E-state index in [1.165, 1.54) is 6.92 Å². The second-order valence-electron chi connectivity index (χ2n) is 6.68. The summed E-state index contributed by atoms with van der Waals surface area (Å²) in [7, 11) is 0. The number of thioether (sulfide) groups is 1. The number of hydrogen-bond acceptors (Lipinski definition) is 6. The molecule has 2 aliphatic heterocycles. The molecule has 2 heterocycles. The summed E-state index contributed by atoms with van der Waals surface area (Å²) in [4.78, 5) is 48.6. The number of benzene rings is 1. The zero-order valence-corrected chi connectivity index (χ0v) is 15.9. The van der Waals surface area contributed by atoms with Gasteiger partial charge in [-0.25, -0.2) is 4.79 Å². The summed E-state index contributed by atoms with van der Waals surface area (Å²) in [6.45, 7) is 2.94. The Bertz CT molecular complexity index is 782. The molecule has 2 aliphatic rings. The number of anilines is 2. The number of ether oxygens (including phenoxy) is 1. The Morgan fingerprint density at radius 3 is 2.48 bits per heavy atom. The predicted octanol–water partition coefficient (Wildman–Crippen LogP) is 1.58.